The maximum Gasteiger partial charge on any atom is 0.327 e. The molecule has 1 aromatic heterocycles. The first kappa shape index (κ1) is 19.4. The third-order valence-corrected chi connectivity index (χ3v) is 5.30. The number of likely N-dealkylation sites (tertiary alicyclic amines) is 1. The summed E-state index contributed by atoms with van der Waals surface area (Å²) in [7, 11) is 0. The molecule has 2 heterocycles. The number of nitrogens with zero attached hydrogens (tertiary/aromatic N) is 2. The number of aliphatic carboxylic acids is 1. The second-order valence-electron chi connectivity index (χ2n) is 7.19. The molecule has 0 aliphatic carbocycles. The predicted molar refractivity (Wildman–Crippen MR) is 110 cm³/mol. The summed E-state index contributed by atoms with van der Waals surface area (Å²) in [5, 5.41) is 14.3. The van der Waals surface area contributed by atoms with Crippen LogP contribution in [0, 0.1) is 5.92 Å². The zero-order valence-electron chi connectivity index (χ0n) is 16.0. The molecule has 1 aliphatic rings. The van der Waals surface area contributed by atoms with Crippen LogP contribution in [0.4, 0.5) is 10.6 Å². The van der Waals surface area contributed by atoms with Crippen LogP contribution in [-0.4, -0.2) is 38.9 Å². The number of carboxylic acids is 1. The summed E-state index contributed by atoms with van der Waals surface area (Å²) >= 11 is 0. The number of nitrogen functional groups attached to an aromatic ring is 1. The van der Waals surface area contributed by atoms with Crippen molar-refractivity contribution in [1.29, 1.82) is 0 Å². The number of hydrogen-bond acceptors (Lipinski definition) is 5. The number of carbonyl (C=O) groups excluding carboxylic acids is 2. The number of imide groups is 1. The molecule has 0 saturated carbocycles. The van der Waals surface area contributed by atoms with Crippen molar-refractivity contribution in [3.8, 4) is 0 Å². The third kappa shape index (κ3) is 3.55. The first-order valence-corrected chi connectivity index (χ1v) is 9.46. The molecule has 0 spiro atoms. The Balaban J connectivity index is 1.47. The highest BCUT2D eigenvalue weighted by atomic mass is 16.4. The Bertz CT molecular complexity index is 1140. The van der Waals surface area contributed by atoms with Crippen LogP contribution in [0.25, 0.3) is 10.8 Å². The fraction of sp³-hybridized carbons (Fsp3) is 0.182. The van der Waals surface area contributed by atoms with Crippen LogP contribution in [0.1, 0.15) is 11.1 Å². The molecule has 3 amide bonds. The molecule has 152 valence electrons. The molecule has 30 heavy (non-hydrogen) atoms. The minimum Gasteiger partial charge on any atom is -0.480 e. The van der Waals surface area contributed by atoms with Crippen molar-refractivity contribution in [2.45, 2.75) is 19.0 Å². The van der Waals surface area contributed by atoms with E-state index in [1.165, 1.54) is 6.20 Å². The van der Waals surface area contributed by atoms with Crippen molar-refractivity contribution in [2.24, 2.45) is 5.92 Å². The van der Waals surface area contributed by atoms with E-state index in [1.807, 2.05) is 42.5 Å². The van der Waals surface area contributed by atoms with Crippen molar-refractivity contribution >= 4 is 34.5 Å². The van der Waals surface area contributed by atoms with Gasteiger partial charge in [-0.15, -0.1) is 0 Å². The maximum absolute atomic E-state index is 12.6. The van der Waals surface area contributed by atoms with Crippen LogP contribution in [-0.2, 0) is 22.6 Å². The van der Waals surface area contributed by atoms with E-state index in [1.54, 1.807) is 12.1 Å². The van der Waals surface area contributed by atoms with Gasteiger partial charge >= 0.3 is 12.0 Å². The molecule has 1 aliphatic heterocycles. The fourth-order valence-electron chi connectivity index (χ4n) is 3.83. The van der Waals surface area contributed by atoms with E-state index in [4.69, 9.17) is 5.73 Å². The molecule has 8 heteroatoms. The Morgan fingerprint density at radius 2 is 1.90 bits per heavy atom. The third-order valence-electron chi connectivity index (χ3n) is 5.30. The Hall–Kier alpha value is -3.94. The number of nitrogens with two attached hydrogens (primary N) is 1. The molecule has 0 unspecified atom stereocenters. The van der Waals surface area contributed by atoms with Gasteiger partial charge in [-0.25, -0.2) is 19.5 Å². The molecule has 0 radical (unpaired) electrons. The van der Waals surface area contributed by atoms with Crippen molar-refractivity contribution in [3.05, 3.63) is 71.9 Å². The van der Waals surface area contributed by atoms with Crippen molar-refractivity contribution in [1.82, 2.24) is 15.2 Å². The number of nitrogens with one attached hydrogen (secondary N) is 1. The number of aromatic nitrogens is 1. The van der Waals surface area contributed by atoms with Crippen LogP contribution in [0.2, 0.25) is 0 Å². The molecule has 4 N–H and O–H groups in total. The predicted octanol–water partition coefficient (Wildman–Crippen LogP) is 2.18. The maximum atomic E-state index is 12.6. The molecule has 2 aromatic carbocycles. The molecule has 8 nitrogen and oxygen atoms in total. The van der Waals surface area contributed by atoms with Gasteiger partial charge in [-0.2, -0.15) is 0 Å². The summed E-state index contributed by atoms with van der Waals surface area (Å²) in [5.41, 5.74) is 7.22. The van der Waals surface area contributed by atoms with E-state index in [0.717, 1.165) is 21.2 Å². The van der Waals surface area contributed by atoms with Gasteiger partial charge in [0.25, 0.3) is 0 Å². The van der Waals surface area contributed by atoms with Gasteiger partial charge < -0.3 is 16.2 Å². The Morgan fingerprint density at radius 3 is 2.67 bits per heavy atom. The molecule has 3 aromatic rings. The second-order valence-corrected chi connectivity index (χ2v) is 7.19. The molecule has 0 bridgehead atoms. The average molecular weight is 404 g/mol. The second kappa shape index (κ2) is 7.82. The van der Waals surface area contributed by atoms with Gasteiger partial charge in [0.1, 0.15) is 5.82 Å². The van der Waals surface area contributed by atoms with Crippen molar-refractivity contribution in [3.63, 3.8) is 0 Å². The number of urea groups is 1. The molecule has 1 fully saturated rings. The van der Waals surface area contributed by atoms with Crippen molar-refractivity contribution < 1.29 is 19.5 Å². The number of fused-ring (bicyclic) bond motifs is 1. The van der Waals surface area contributed by atoms with Crippen LogP contribution in [0.3, 0.4) is 0 Å². The number of carboxylic acid groups (broad SMARTS) is 1. The van der Waals surface area contributed by atoms with Gasteiger partial charge in [0.2, 0.25) is 5.91 Å². The number of rotatable bonds is 5. The van der Waals surface area contributed by atoms with Gasteiger partial charge in [-0.05, 0) is 40.5 Å². The minimum absolute atomic E-state index is 0.176. The first-order valence-electron chi connectivity index (χ1n) is 9.46. The van der Waals surface area contributed by atoms with E-state index < -0.39 is 29.9 Å². The SMILES string of the molecule is Nc1cc(C[C@H]2C(=O)N(C(=O)NCc3cccc4ccccc34)[C@@H]2C(=O)O)ccn1. The monoisotopic (exact) mass is 404 g/mol. The smallest absolute Gasteiger partial charge is 0.327 e. The Morgan fingerprint density at radius 1 is 1.13 bits per heavy atom. The molecular formula is C22H20N4O4. The van der Waals surface area contributed by atoms with E-state index in [-0.39, 0.29) is 18.8 Å². The van der Waals surface area contributed by atoms with Crippen LogP contribution in [0.5, 0.6) is 0 Å². The Labute approximate surface area is 172 Å². The first-order chi connectivity index (χ1) is 14.5. The van der Waals surface area contributed by atoms with E-state index >= 15 is 0 Å². The molecular weight excluding hydrogens is 384 g/mol. The van der Waals surface area contributed by atoms with Crippen molar-refractivity contribution in [2.75, 3.05) is 5.73 Å². The lowest BCUT2D eigenvalue weighted by molar-refractivity contribution is -0.165. The Kier molecular flexibility index (Phi) is 5.05. The number of hydrogen-bond donors (Lipinski definition) is 3. The number of anilines is 1. The zero-order valence-corrected chi connectivity index (χ0v) is 16.0. The lowest BCUT2D eigenvalue weighted by Gasteiger charge is -2.42. The summed E-state index contributed by atoms with van der Waals surface area (Å²) in [6.45, 7) is 0.182. The summed E-state index contributed by atoms with van der Waals surface area (Å²) < 4.78 is 0. The van der Waals surface area contributed by atoms with Crippen LogP contribution < -0.4 is 11.1 Å². The number of pyridine rings is 1. The molecule has 1 saturated heterocycles. The number of benzene rings is 2. The van der Waals surface area contributed by atoms with Gasteiger partial charge in [0.05, 0.1) is 5.92 Å². The van der Waals surface area contributed by atoms with Crippen LogP contribution >= 0.6 is 0 Å². The lowest BCUT2D eigenvalue weighted by atomic mass is 9.82. The average Bonchev–Trinajstić information content (AvgIpc) is 2.73. The minimum atomic E-state index is -1.22. The highest BCUT2D eigenvalue weighted by Crippen LogP contribution is 2.31. The topological polar surface area (TPSA) is 126 Å². The normalized spacial score (nSPS) is 18.1. The fourth-order valence-corrected chi connectivity index (χ4v) is 3.83. The number of amides is 3. The zero-order chi connectivity index (χ0) is 21.3. The number of β-lactam (4-membered cyclic amide) rings is 1. The molecule has 4 rings (SSSR count). The van der Waals surface area contributed by atoms with Gasteiger partial charge in [0, 0.05) is 12.7 Å². The highest BCUT2D eigenvalue weighted by Gasteiger charge is 2.54. The van der Waals surface area contributed by atoms with E-state index in [0.29, 0.717) is 5.56 Å². The largest absolute Gasteiger partial charge is 0.480 e. The van der Waals surface area contributed by atoms with Gasteiger partial charge in [0.15, 0.2) is 6.04 Å². The van der Waals surface area contributed by atoms with Gasteiger partial charge in [-0.3, -0.25) is 4.79 Å². The van der Waals surface area contributed by atoms with Gasteiger partial charge in [-0.1, -0.05) is 42.5 Å². The standard InChI is InChI=1S/C22H20N4O4/c23-18-11-13(8-9-24-18)10-17-19(21(28)29)26(20(17)27)22(30)25-12-15-6-3-5-14-4-1-2-7-16(14)15/h1-9,11,17,19H,10,12H2,(H2,23,24)(H,25,30)(H,28,29)/t17-,19+/m1/s1. The van der Waals surface area contributed by atoms with E-state index in [2.05, 4.69) is 10.3 Å². The summed E-state index contributed by atoms with van der Waals surface area (Å²) in [4.78, 5) is 41.6. The summed E-state index contributed by atoms with van der Waals surface area (Å²) in [6.07, 6.45) is 1.67. The van der Waals surface area contributed by atoms with Crippen LogP contribution in [0.15, 0.2) is 60.8 Å². The quantitative estimate of drug-likeness (QED) is 0.560. The highest BCUT2D eigenvalue weighted by molar-refractivity contribution is 6.07. The summed E-state index contributed by atoms with van der Waals surface area (Å²) in [6, 6.07) is 14.8. The summed E-state index contributed by atoms with van der Waals surface area (Å²) in [5.74, 6) is -2.28. The molecule has 2 atom stereocenters. The van der Waals surface area contributed by atoms with E-state index in [9.17, 15) is 19.5 Å². The lowest BCUT2D eigenvalue weighted by Crippen LogP contribution is -2.68. The number of carbonyl (C=O) groups is 3.